The zero-order valence-corrected chi connectivity index (χ0v) is 11.1. The van der Waals surface area contributed by atoms with Crippen LogP contribution in [0.4, 0.5) is 0 Å². The van der Waals surface area contributed by atoms with Crippen molar-refractivity contribution >= 4 is 18.3 Å². The molecule has 102 valence electrons. The number of carbonyl (C=O) groups excluding carboxylic acids is 1. The number of aromatic nitrogens is 1. The number of hydrogen-bond donors (Lipinski definition) is 2. The Bertz CT molecular complexity index is 377. The lowest BCUT2D eigenvalue weighted by atomic mass is 10.2. The minimum Gasteiger partial charge on any atom is -0.375 e. The summed E-state index contributed by atoms with van der Waals surface area (Å²) in [4.78, 5) is 11.6. The number of rotatable bonds is 4. The van der Waals surface area contributed by atoms with E-state index in [0.29, 0.717) is 25.3 Å². The van der Waals surface area contributed by atoms with Crippen LogP contribution in [0.3, 0.4) is 0 Å². The Hall–Kier alpha value is -1.11. The van der Waals surface area contributed by atoms with Crippen molar-refractivity contribution in [2.24, 2.45) is 0 Å². The van der Waals surface area contributed by atoms with Crippen LogP contribution >= 0.6 is 12.4 Å². The van der Waals surface area contributed by atoms with Crippen molar-refractivity contribution in [3.05, 3.63) is 17.5 Å². The molecule has 1 aliphatic heterocycles. The highest BCUT2D eigenvalue weighted by Crippen LogP contribution is 2.03. The fourth-order valence-corrected chi connectivity index (χ4v) is 1.72. The Morgan fingerprint density at radius 1 is 1.67 bits per heavy atom. The first-order valence-electron chi connectivity index (χ1n) is 5.75. The Labute approximate surface area is 112 Å². The van der Waals surface area contributed by atoms with Crippen molar-refractivity contribution in [1.29, 1.82) is 0 Å². The summed E-state index contributed by atoms with van der Waals surface area (Å²) in [6.45, 7) is 4.47. The zero-order valence-electron chi connectivity index (χ0n) is 10.3. The maximum absolute atomic E-state index is 11.6. The van der Waals surface area contributed by atoms with Crippen LogP contribution in [0.1, 0.15) is 17.9 Å². The van der Waals surface area contributed by atoms with E-state index < -0.39 is 0 Å². The predicted octanol–water partition coefficient (Wildman–Crippen LogP) is 0.400. The monoisotopic (exact) mass is 275 g/mol. The van der Waals surface area contributed by atoms with Gasteiger partial charge in [0.1, 0.15) is 0 Å². The molecular weight excluding hydrogens is 258 g/mol. The number of ether oxygens (including phenoxy) is 1. The van der Waals surface area contributed by atoms with Gasteiger partial charge in [-0.3, -0.25) is 4.79 Å². The van der Waals surface area contributed by atoms with Crippen molar-refractivity contribution in [3.8, 4) is 0 Å². The molecule has 2 N–H and O–H groups in total. The van der Waals surface area contributed by atoms with Gasteiger partial charge < -0.3 is 19.9 Å². The zero-order chi connectivity index (χ0) is 12.1. The lowest BCUT2D eigenvalue weighted by Crippen LogP contribution is -2.41. The van der Waals surface area contributed by atoms with Crippen LogP contribution in [0.15, 0.2) is 10.6 Å². The largest absolute Gasteiger partial charge is 0.375 e. The van der Waals surface area contributed by atoms with E-state index in [1.807, 2.05) is 6.92 Å². The summed E-state index contributed by atoms with van der Waals surface area (Å²) >= 11 is 0. The molecule has 1 unspecified atom stereocenters. The molecule has 0 bridgehead atoms. The second kappa shape index (κ2) is 7.35. The SMILES string of the molecule is Cc1cc(CNC(=O)CC2CNCCO2)on1.Cl. The van der Waals surface area contributed by atoms with Gasteiger partial charge in [-0.25, -0.2) is 0 Å². The number of morpholine rings is 1. The molecule has 1 aromatic rings. The van der Waals surface area contributed by atoms with Crippen LogP contribution < -0.4 is 10.6 Å². The van der Waals surface area contributed by atoms with E-state index >= 15 is 0 Å². The molecule has 2 heterocycles. The van der Waals surface area contributed by atoms with E-state index in [4.69, 9.17) is 9.26 Å². The second-order valence-electron chi connectivity index (χ2n) is 4.11. The van der Waals surface area contributed by atoms with Crippen LogP contribution in [0.2, 0.25) is 0 Å². The highest BCUT2D eigenvalue weighted by Gasteiger charge is 2.17. The maximum Gasteiger partial charge on any atom is 0.223 e. The summed E-state index contributed by atoms with van der Waals surface area (Å²) in [6, 6.07) is 1.80. The highest BCUT2D eigenvalue weighted by atomic mass is 35.5. The molecule has 2 rings (SSSR count). The summed E-state index contributed by atoms with van der Waals surface area (Å²) < 4.78 is 10.4. The lowest BCUT2D eigenvalue weighted by Gasteiger charge is -2.22. The van der Waals surface area contributed by atoms with Gasteiger partial charge in [-0.2, -0.15) is 0 Å². The number of halogens is 1. The fraction of sp³-hybridized carbons (Fsp3) is 0.636. The molecule has 1 aliphatic rings. The number of aryl methyl sites for hydroxylation is 1. The summed E-state index contributed by atoms with van der Waals surface area (Å²) in [5.41, 5.74) is 0.814. The topological polar surface area (TPSA) is 76.4 Å². The predicted molar refractivity (Wildman–Crippen MR) is 67.6 cm³/mol. The molecule has 1 amide bonds. The number of nitrogens with zero attached hydrogens (tertiary/aromatic N) is 1. The first-order chi connectivity index (χ1) is 8.24. The van der Waals surface area contributed by atoms with Gasteiger partial charge in [0.25, 0.3) is 0 Å². The van der Waals surface area contributed by atoms with E-state index in [2.05, 4.69) is 15.8 Å². The van der Waals surface area contributed by atoms with E-state index in [0.717, 1.165) is 18.8 Å². The molecule has 1 aromatic heterocycles. The smallest absolute Gasteiger partial charge is 0.223 e. The van der Waals surface area contributed by atoms with Gasteiger partial charge in [-0.05, 0) is 6.92 Å². The van der Waals surface area contributed by atoms with Gasteiger partial charge >= 0.3 is 0 Å². The second-order valence-corrected chi connectivity index (χ2v) is 4.11. The molecule has 1 atom stereocenters. The van der Waals surface area contributed by atoms with Crippen molar-refractivity contribution in [1.82, 2.24) is 15.8 Å². The molecule has 18 heavy (non-hydrogen) atoms. The molecule has 0 spiro atoms. The quantitative estimate of drug-likeness (QED) is 0.832. The number of nitrogens with one attached hydrogen (secondary N) is 2. The molecule has 1 saturated heterocycles. The lowest BCUT2D eigenvalue weighted by molar-refractivity contribution is -0.124. The Balaban J connectivity index is 0.00000162. The van der Waals surface area contributed by atoms with E-state index in [1.54, 1.807) is 6.07 Å². The molecule has 1 fully saturated rings. The molecule has 6 nitrogen and oxygen atoms in total. The third-order valence-corrected chi connectivity index (χ3v) is 2.55. The van der Waals surface area contributed by atoms with Gasteiger partial charge in [-0.1, -0.05) is 5.16 Å². The van der Waals surface area contributed by atoms with Crippen LogP contribution in [0, 0.1) is 6.92 Å². The fourth-order valence-electron chi connectivity index (χ4n) is 1.72. The van der Waals surface area contributed by atoms with Crippen molar-refractivity contribution < 1.29 is 14.1 Å². The number of carbonyl (C=O) groups is 1. The minimum atomic E-state index is -0.0345. The van der Waals surface area contributed by atoms with Gasteiger partial charge in [0.2, 0.25) is 5.91 Å². The van der Waals surface area contributed by atoms with E-state index in [9.17, 15) is 4.79 Å². The Morgan fingerprint density at radius 3 is 3.11 bits per heavy atom. The van der Waals surface area contributed by atoms with Gasteiger partial charge in [0.15, 0.2) is 5.76 Å². The number of amides is 1. The van der Waals surface area contributed by atoms with Crippen LogP contribution in [-0.2, 0) is 16.1 Å². The normalized spacial score (nSPS) is 19.1. The summed E-state index contributed by atoms with van der Waals surface area (Å²) in [6.07, 6.45) is 0.348. The van der Waals surface area contributed by atoms with Crippen molar-refractivity contribution in [2.45, 2.75) is 26.0 Å². The summed E-state index contributed by atoms with van der Waals surface area (Å²) in [7, 11) is 0. The van der Waals surface area contributed by atoms with Crippen LogP contribution in [0.25, 0.3) is 0 Å². The Morgan fingerprint density at radius 2 is 2.50 bits per heavy atom. The number of hydrogen-bond acceptors (Lipinski definition) is 5. The minimum absolute atomic E-state index is 0. The Kier molecular flexibility index (Phi) is 6.11. The summed E-state index contributed by atoms with van der Waals surface area (Å²) in [5, 5.41) is 9.71. The average molecular weight is 276 g/mol. The standard InChI is InChI=1S/C11H17N3O3.ClH/c1-8-4-10(17-14-8)7-13-11(15)5-9-6-12-2-3-16-9;/h4,9,12H,2-3,5-7H2,1H3,(H,13,15);1H. The van der Waals surface area contributed by atoms with Crippen molar-refractivity contribution in [2.75, 3.05) is 19.7 Å². The molecule has 0 aromatic carbocycles. The van der Waals surface area contributed by atoms with Crippen LogP contribution in [-0.4, -0.2) is 36.9 Å². The maximum atomic E-state index is 11.6. The third kappa shape index (κ3) is 4.64. The molecule has 0 aliphatic carbocycles. The van der Waals surface area contributed by atoms with Gasteiger partial charge in [0.05, 0.1) is 31.4 Å². The first kappa shape index (κ1) is 14.9. The molecular formula is C11H18ClN3O3. The van der Waals surface area contributed by atoms with E-state index in [1.165, 1.54) is 0 Å². The average Bonchev–Trinajstić information content (AvgIpc) is 2.74. The first-order valence-corrected chi connectivity index (χ1v) is 5.75. The third-order valence-electron chi connectivity index (χ3n) is 2.55. The highest BCUT2D eigenvalue weighted by molar-refractivity contribution is 5.85. The van der Waals surface area contributed by atoms with Gasteiger partial charge in [-0.15, -0.1) is 12.4 Å². The van der Waals surface area contributed by atoms with Crippen molar-refractivity contribution in [3.63, 3.8) is 0 Å². The van der Waals surface area contributed by atoms with E-state index in [-0.39, 0.29) is 24.4 Å². The molecule has 7 heteroatoms. The van der Waals surface area contributed by atoms with Gasteiger partial charge in [0, 0.05) is 19.2 Å². The van der Waals surface area contributed by atoms with Crippen LogP contribution in [0.5, 0.6) is 0 Å². The summed E-state index contributed by atoms with van der Waals surface area (Å²) in [5.74, 6) is 0.631. The molecule has 0 saturated carbocycles. The molecule has 0 radical (unpaired) electrons.